The van der Waals surface area contributed by atoms with Crippen LogP contribution in [0.2, 0.25) is 0 Å². The van der Waals surface area contributed by atoms with Crippen molar-refractivity contribution in [1.82, 2.24) is 15.3 Å². The Morgan fingerprint density at radius 2 is 2.20 bits per heavy atom. The van der Waals surface area contributed by atoms with Gasteiger partial charge in [-0.15, -0.1) is 0 Å². The molecule has 5 nitrogen and oxygen atoms in total. The summed E-state index contributed by atoms with van der Waals surface area (Å²) < 4.78 is 23.5. The first-order valence-electron chi connectivity index (χ1n) is 6.32. The molecule has 0 saturated heterocycles. The SMILES string of the molecule is COCCNCc1ncc(-c2ccc(OC)c(F)c2)[nH]1. The number of hydrogen-bond donors (Lipinski definition) is 2. The highest BCUT2D eigenvalue weighted by Gasteiger charge is 2.07. The summed E-state index contributed by atoms with van der Waals surface area (Å²) >= 11 is 0. The predicted octanol–water partition coefficient (Wildman–Crippen LogP) is 1.96. The van der Waals surface area contributed by atoms with Crippen LogP contribution in [-0.2, 0) is 11.3 Å². The topological polar surface area (TPSA) is 59.2 Å². The Labute approximate surface area is 117 Å². The monoisotopic (exact) mass is 279 g/mol. The van der Waals surface area contributed by atoms with Crippen LogP contribution in [0.25, 0.3) is 11.3 Å². The van der Waals surface area contributed by atoms with Gasteiger partial charge in [-0.1, -0.05) is 0 Å². The molecule has 6 heteroatoms. The highest BCUT2D eigenvalue weighted by Crippen LogP contribution is 2.24. The van der Waals surface area contributed by atoms with E-state index in [9.17, 15) is 4.39 Å². The Hall–Kier alpha value is -1.92. The zero-order chi connectivity index (χ0) is 14.4. The second kappa shape index (κ2) is 7.02. The summed E-state index contributed by atoms with van der Waals surface area (Å²) in [7, 11) is 3.10. The van der Waals surface area contributed by atoms with Crippen LogP contribution < -0.4 is 10.1 Å². The van der Waals surface area contributed by atoms with Gasteiger partial charge in [0.1, 0.15) is 5.82 Å². The number of rotatable bonds is 7. The molecule has 0 aliphatic rings. The molecule has 0 amide bonds. The number of halogens is 1. The number of ether oxygens (including phenoxy) is 2. The molecule has 0 bridgehead atoms. The number of benzene rings is 1. The Balaban J connectivity index is 2.03. The minimum absolute atomic E-state index is 0.231. The maximum Gasteiger partial charge on any atom is 0.165 e. The molecule has 2 aromatic rings. The third kappa shape index (κ3) is 3.55. The largest absolute Gasteiger partial charge is 0.494 e. The van der Waals surface area contributed by atoms with E-state index in [-0.39, 0.29) is 11.6 Å². The first-order valence-corrected chi connectivity index (χ1v) is 6.32. The van der Waals surface area contributed by atoms with E-state index in [4.69, 9.17) is 9.47 Å². The Bertz CT molecular complexity index is 557. The fourth-order valence-electron chi connectivity index (χ4n) is 1.81. The van der Waals surface area contributed by atoms with Crippen LogP contribution in [0.5, 0.6) is 5.75 Å². The van der Waals surface area contributed by atoms with E-state index >= 15 is 0 Å². The summed E-state index contributed by atoms with van der Waals surface area (Å²) in [5, 5.41) is 3.18. The fourth-order valence-corrected chi connectivity index (χ4v) is 1.81. The van der Waals surface area contributed by atoms with Crippen LogP contribution in [0.15, 0.2) is 24.4 Å². The van der Waals surface area contributed by atoms with Gasteiger partial charge in [0.2, 0.25) is 0 Å². The zero-order valence-electron chi connectivity index (χ0n) is 11.6. The molecule has 2 rings (SSSR count). The highest BCUT2D eigenvalue weighted by molar-refractivity contribution is 5.59. The molecule has 0 spiro atoms. The zero-order valence-corrected chi connectivity index (χ0v) is 11.6. The van der Waals surface area contributed by atoms with E-state index < -0.39 is 0 Å². The molecule has 0 aliphatic carbocycles. The number of hydrogen-bond acceptors (Lipinski definition) is 4. The molecule has 0 atom stereocenters. The standard InChI is InChI=1S/C14H18FN3O2/c1-19-6-5-16-9-14-17-8-12(18-14)10-3-4-13(20-2)11(15)7-10/h3-4,7-8,16H,5-6,9H2,1-2H3,(H,17,18). The molecule has 1 aromatic carbocycles. The minimum atomic E-state index is -0.389. The van der Waals surface area contributed by atoms with Gasteiger partial charge in [-0.2, -0.15) is 0 Å². The van der Waals surface area contributed by atoms with E-state index in [1.54, 1.807) is 25.4 Å². The van der Waals surface area contributed by atoms with E-state index in [1.165, 1.54) is 13.2 Å². The van der Waals surface area contributed by atoms with Gasteiger partial charge in [-0.3, -0.25) is 0 Å². The van der Waals surface area contributed by atoms with E-state index in [1.807, 2.05) is 0 Å². The summed E-state index contributed by atoms with van der Waals surface area (Å²) in [4.78, 5) is 7.40. The van der Waals surface area contributed by atoms with Crippen molar-refractivity contribution in [3.63, 3.8) is 0 Å². The number of aromatic amines is 1. The molecule has 0 aliphatic heterocycles. The number of nitrogens with one attached hydrogen (secondary N) is 2. The van der Waals surface area contributed by atoms with E-state index in [0.29, 0.717) is 13.2 Å². The molecular weight excluding hydrogens is 261 g/mol. The third-order valence-electron chi connectivity index (χ3n) is 2.87. The quantitative estimate of drug-likeness (QED) is 0.761. The van der Waals surface area contributed by atoms with Gasteiger partial charge in [-0.25, -0.2) is 9.37 Å². The summed E-state index contributed by atoms with van der Waals surface area (Å²) in [5.74, 6) is 0.640. The van der Waals surface area contributed by atoms with Gasteiger partial charge in [0.25, 0.3) is 0 Å². The molecule has 108 valence electrons. The van der Waals surface area contributed by atoms with Gasteiger partial charge in [-0.05, 0) is 18.2 Å². The number of methoxy groups -OCH3 is 2. The smallest absolute Gasteiger partial charge is 0.165 e. The van der Waals surface area contributed by atoms with Crippen molar-refractivity contribution in [3.05, 3.63) is 36.0 Å². The third-order valence-corrected chi connectivity index (χ3v) is 2.87. The molecule has 2 N–H and O–H groups in total. The number of H-pyrrole nitrogens is 1. The molecule has 1 heterocycles. The average Bonchev–Trinajstić information content (AvgIpc) is 2.92. The molecule has 20 heavy (non-hydrogen) atoms. The summed E-state index contributed by atoms with van der Waals surface area (Å²) in [6, 6.07) is 4.81. The van der Waals surface area contributed by atoms with Crippen LogP contribution in [0.4, 0.5) is 4.39 Å². The van der Waals surface area contributed by atoms with Crippen molar-refractivity contribution < 1.29 is 13.9 Å². The van der Waals surface area contributed by atoms with Gasteiger partial charge in [0.15, 0.2) is 11.6 Å². The first kappa shape index (κ1) is 14.5. The first-order chi connectivity index (χ1) is 9.74. The lowest BCUT2D eigenvalue weighted by molar-refractivity contribution is 0.199. The molecule has 0 unspecified atom stereocenters. The van der Waals surface area contributed by atoms with Crippen LogP contribution in [0.1, 0.15) is 5.82 Å². The van der Waals surface area contributed by atoms with Crippen molar-refractivity contribution in [2.45, 2.75) is 6.54 Å². The van der Waals surface area contributed by atoms with Crippen LogP contribution in [0, 0.1) is 5.82 Å². The second-order valence-corrected chi connectivity index (χ2v) is 4.26. The second-order valence-electron chi connectivity index (χ2n) is 4.26. The van der Waals surface area contributed by atoms with Gasteiger partial charge in [0, 0.05) is 19.2 Å². The minimum Gasteiger partial charge on any atom is -0.494 e. The molecule has 0 radical (unpaired) electrons. The van der Waals surface area contributed by atoms with E-state index in [0.717, 1.165) is 23.6 Å². The summed E-state index contributed by atoms with van der Waals surface area (Å²) in [6.07, 6.45) is 1.69. The molecule has 1 aromatic heterocycles. The Morgan fingerprint density at radius 1 is 1.35 bits per heavy atom. The van der Waals surface area contributed by atoms with Crippen molar-refractivity contribution >= 4 is 0 Å². The van der Waals surface area contributed by atoms with Crippen LogP contribution >= 0.6 is 0 Å². The van der Waals surface area contributed by atoms with Gasteiger partial charge >= 0.3 is 0 Å². The van der Waals surface area contributed by atoms with Gasteiger partial charge in [0.05, 0.1) is 32.2 Å². The molecule has 0 saturated carbocycles. The van der Waals surface area contributed by atoms with Crippen molar-refractivity contribution in [2.75, 3.05) is 27.4 Å². The number of imidazole rings is 1. The maximum absolute atomic E-state index is 13.6. The number of aromatic nitrogens is 2. The van der Waals surface area contributed by atoms with Crippen LogP contribution in [0.3, 0.4) is 0 Å². The lowest BCUT2D eigenvalue weighted by Gasteiger charge is -2.03. The normalized spacial score (nSPS) is 10.8. The van der Waals surface area contributed by atoms with Crippen molar-refractivity contribution in [3.8, 4) is 17.0 Å². The summed E-state index contributed by atoms with van der Waals surface area (Å²) in [6.45, 7) is 2.02. The summed E-state index contributed by atoms with van der Waals surface area (Å²) in [5.41, 5.74) is 1.51. The lowest BCUT2D eigenvalue weighted by Crippen LogP contribution is -2.19. The van der Waals surface area contributed by atoms with Crippen molar-refractivity contribution in [1.29, 1.82) is 0 Å². The predicted molar refractivity (Wildman–Crippen MR) is 74.1 cm³/mol. The lowest BCUT2D eigenvalue weighted by atomic mass is 10.1. The van der Waals surface area contributed by atoms with E-state index in [2.05, 4.69) is 15.3 Å². The molecule has 0 fully saturated rings. The molecular formula is C14H18FN3O2. The maximum atomic E-state index is 13.6. The average molecular weight is 279 g/mol. The van der Waals surface area contributed by atoms with Gasteiger partial charge < -0.3 is 19.8 Å². The number of nitrogens with zero attached hydrogens (tertiary/aromatic N) is 1. The Morgan fingerprint density at radius 3 is 2.90 bits per heavy atom. The fraction of sp³-hybridized carbons (Fsp3) is 0.357. The van der Waals surface area contributed by atoms with Crippen LogP contribution in [-0.4, -0.2) is 37.3 Å². The highest BCUT2D eigenvalue weighted by atomic mass is 19.1. The van der Waals surface area contributed by atoms with Crippen molar-refractivity contribution in [2.24, 2.45) is 0 Å². The Kier molecular flexibility index (Phi) is 5.09.